The fourth-order valence-corrected chi connectivity index (χ4v) is 3.31. The summed E-state index contributed by atoms with van der Waals surface area (Å²) in [4.78, 5) is 14.4. The van der Waals surface area contributed by atoms with Crippen molar-refractivity contribution in [3.05, 3.63) is 28.8 Å². The summed E-state index contributed by atoms with van der Waals surface area (Å²) in [6.45, 7) is 3.97. The minimum Gasteiger partial charge on any atom is -0.496 e. The second-order valence-electron chi connectivity index (χ2n) is 6.34. The molecule has 1 amide bonds. The van der Waals surface area contributed by atoms with Crippen LogP contribution in [0.5, 0.6) is 5.75 Å². The average molecular weight is 354 g/mol. The molecule has 1 aliphatic heterocycles. The third-order valence-electron chi connectivity index (χ3n) is 4.60. The van der Waals surface area contributed by atoms with E-state index >= 15 is 0 Å². The van der Waals surface area contributed by atoms with Gasteiger partial charge in [-0.1, -0.05) is 11.6 Å². The number of methoxy groups -OCH3 is 1. The number of benzene rings is 1. The molecule has 6 heteroatoms. The predicted octanol–water partition coefficient (Wildman–Crippen LogP) is 2.29. The number of hydrogen-bond acceptors (Lipinski definition) is 4. The lowest BCUT2D eigenvalue weighted by Crippen LogP contribution is -2.41. The van der Waals surface area contributed by atoms with E-state index in [2.05, 4.69) is 15.5 Å². The Kier molecular flexibility index (Phi) is 7.82. The highest BCUT2D eigenvalue weighted by atomic mass is 35.5. The topological polar surface area (TPSA) is 53.6 Å². The molecule has 1 aromatic rings. The first-order valence-corrected chi connectivity index (χ1v) is 8.96. The van der Waals surface area contributed by atoms with Crippen molar-refractivity contribution in [1.82, 2.24) is 15.5 Å². The van der Waals surface area contributed by atoms with Gasteiger partial charge in [0.05, 0.1) is 13.7 Å². The first-order valence-electron chi connectivity index (χ1n) is 8.58. The molecule has 1 fully saturated rings. The molecule has 1 heterocycles. The lowest BCUT2D eigenvalue weighted by molar-refractivity contribution is -0.122. The van der Waals surface area contributed by atoms with Crippen LogP contribution in [0, 0.1) is 5.92 Å². The Labute approximate surface area is 149 Å². The number of carbonyl (C=O) groups excluding carboxylic acids is 1. The van der Waals surface area contributed by atoms with Gasteiger partial charge in [0.15, 0.2) is 0 Å². The van der Waals surface area contributed by atoms with E-state index in [0.717, 1.165) is 36.9 Å². The minimum absolute atomic E-state index is 0.0469. The maximum atomic E-state index is 12.2. The Morgan fingerprint density at radius 3 is 2.79 bits per heavy atom. The zero-order valence-corrected chi connectivity index (χ0v) is 15.4. The number of rotatable bonds is 8. The van der Waals surface area contributed by atoms with Gasteiger partial charge in [-0.15, -0.1) is 0 Å². The van der Waals surface area contributed by atoms with E-state index in [9.17, 15) is 4.79 Å². The van der Waals surface area contributed by atoms with Crippen molar-refractivity contribution in [2.24, 2.45) is 5.92 Å². The van der Waals surface area contributed by atoms with Crippen LogP contribution in [-0.4, -0.2) is 51.1 Å². The Hall–Kier alpha value is -1.30. The van der Waals surface area contributed by atoms with Crippen molar-refractivity contribution < 1.29 is 9.53 Å². The molecule has 0 aliphatic carbocycles. The number of amides is 1. The van der Waals surface area contributed by atoms with E-state index in [1.807, 2.05) is 19.2 Å². The molecule has 1 saturated heterocycles. The first-order chi connectivity index (χ1) is 11.6. The van der Waals surface area contributed by atoms with Gasteiger partial charge in [-0.25, -0.2) is 0 Å². The van der Waals surface area contributed by atoms with Crippen molar-refractivity contribution >= 4 is 17.5 Å². The summed E-state index contributed by atoms with van der Waals surface area (Å²) >= 11 is 6.01. The standard InChI is InChI=1S/C18H28ClN3O2/c1-20-8-5-14-6-9-22(10-7-14)13-18(23)21-12-15-11-16(19)3-4-17(15)24-2/h3-4,11,14,20H,5-10,12-13H2,1-2H3,(H,21,23). The molecule has 0 unspecified atom stereocenters. The van der Waals surface area contributed by atoms with Crippen LogP contribution in [0.4, 0.5) is 0 Å². The van der Waals surface area contributed by atoms with Crippen LogP contribution < -0.4 is 15.4 Å². The molecule has 2 N–H and O–H groups in total. The molecule has 0 radical (unpaired) electrons. The smallest absolute Gasteiger partial charge is 0.234 e. The summed E-state index contributed by atoms with van der Waals surface area (Å²) in [7, 11) is 3.61. The van der Waals surface area contributed by atoms with Crippen LogP contribution in [-0.2, 0) is 11.3 Å². The van der Waals surface area contributed by atoms with Gasteiger partial charge in [-0.3, -0.25) is 9.69 Å². The Bertz CT molecular complexity index is 531. The summed E-state index contributed by atoms with van der Waals surface area (Å²) < 4.78 is 5.30. The molecule has 1 aromatic carbocycles. The lowest BCUT2D eigenvalue weighted by atomic mass is 9.93. The van der Waals surface area contributed by atoms with E-state index in [1.165, 1.54) is 19.3 Å². The van der Waals surface area contributed by atoms with Crippen molar-refractivity contribution in [1.29, 1.82) is 0 Å². The van der Waals surface area contributed by atoms with Crippen molar-refractivity contribution in [3.63, 3.8) is 0 Å². The highest BCUT2D eigenvalue weighted by molar-refractivity contribution is 6.30. The molecule has 5 nitrogen and oxygen atoms in total. The number of likely N-dealkylation sites (tertiary alicyclic amines) is 1. The van der Waals surface area contributed by atoms with Crippen molar-refractivity contribution in [2.75, 3.05) is 40.3 Å². The van der Waals surface area contributed by atoms with Crippen molar-refractivity contribution in [2.45, 2.75) is 25.8 Å². The molecule has 0 atom stereocenters. The monoisotopic (exact) mass is 353 g/mol. The van der Waals surface area contributed by atoms with E-state index in [0.29, 0.717) is 18.1 Å². The number of halogens is 1. The lowest BCUT2D eigenvalue weighted by Gasteiger charge is -2.31. The number of nitrogens with zero attached hydrogens (tertiary/aromatic N) is 1. The van der Waals surface area contributed by atoms with Crippen molar-refractivity contribution in [3.8, 4) is 5.75 Å². The van der Waals surface area contributed by atoms with Gasteiger partial charge in [-0.2, -0.15) is 0 Å². The maximum Gasteiger partial charge on any atom is 0.234 e. The van der Waals surface area contributed by atoms with Crippen LogP contribution in [0.1, 0.15) is 24.8 Å². The molecule has 0 bridgehead atoms. The van der Waals surface area contributed by atoms with Gasteiger partial charge in [-0.05, 0) is 70.1 Å². The van der Waals surface area contributed by atoms with E-state index in [4.69, 9.17) is 16.3 Å². The molecule has 0 saturated carbocycles. The molecular formula is C18H28ClN3O2. The minimum atomic E-state index is 0.0469. The van der Waals surface area contributed by atoms with Gasteiger partial charge in [0, 0.05) is 17.1 Å². The summed E-state index contributed by atoms with van der Waals surface area (Å²) in [6, 6.07) is 5.43. The number of ether oxygens (including phenoxy) is 1. The van der Waals surface area contributed by atoms with Gasteiger partial charge < -0.3 is 15.4 Å². The number of piperidine rings is 1. The van der Waals surface area contributed by atoms with Crippen LogP contribution in [0.25, 0.3) is 0 Å². The summed E-state index contributed by atoms with van der Waals surface area (Å²) in [6.07, 6.45) is 3.58. The number of carbonyl (C=O) groups is 1. The zero-order chi connectivity index (χ0) is 17.4. The second kappa shape index (κ2) is 9.87. The molecule has 0 aromatic heterocycles. The second-order valence-corrected chi connectivity index (χ2v) is 6.78. The summed E-state index contributed by atoms with van der Waals surface area (Å²) in [5.74, 6) is 1.57. The highest BCUT2D eigenvalue weighted by Crippen LogP contribution is 2.22. The van der Waals surface area contributed by atoms with E-state index in [1.54, 1.807) is 13.2 Å². The molecule has 1 aliphatic rings. The van der Waals surface area contributed by atoms with Gasteiger partial charge >= 0.3 is 0 Å². The van der Waals surface area contributed by atoms with E-state index in [-0.39, 0.29) is 5.91 Å². The van der Waals surface area contributed by atoms with Gasteiger partial charge in [0.25, 0.3) is 0 Å². The summed E-state index contributed by atoms with van der Waals surface area (Å²) in [5, 5.41) is 6.81. The predicted molar refractivity (Wildman–Crippen MR) is 97.6 cm³/mol. The van der Waals surface area contributed by atoms with Crippen LogP contribution in [0.15, 0.2) is 18.2 Å². The quantitative estimate of drug-likeness (QED) is 0.753. The summed E-state index contributed by atoms with van der Waals surface area (Å²) in [5.41, 5.74) is 0.893. The number of nitrogens with one attached hydrogen (secondary N) is 2. The average Bonchev–Trinajstić information content (AvgIpc) is 2.59. The molecular weight excluding hydrogens is 326 g/mol. The van der Waals surface area contributed by atoms with Crippen LogP contribution in [0.2, 0.25) is 5.02 Å². The van der Waals surface area contributed by atoms with Gasteiger partial charge in [0.1, 0.15) is 5.75 Å². The Morgan fingerprint density at radius 1 is 1.38 bits per heavy atom. The molecule has 2 rings (SSSR count). The zero-order valence-electron chi connectivity index (χ0n) is 14.6. The SMILES string of the molecule is CNCCC1CCN(CC(=O)NCc2cc(Cl)ccc2OC)CC1. The first kappa shape index (κ1) is 19.0. The molecule has 24 heavy (non-hydrogen) atoms. The molecule has 0 spiro atoms. The largest absolute Gasteiger partial charge is 0.496 e. The molecule has 134 valence electrons. The Morgan fingerprint density at radius 2 is 2.12 bits per heavy atom. The fourth-order valence-electron chi connectivity index (χ4n) is 3.12. The third kappa shape index (κ3) is 5.96. The maximum absolute atomic E-state index is 12.2. The highest BCUT2D eigenvalue weighted by Gasteiger charge is 2.20. The van der Waals surface area contributed by atoms with Crippen LogP contribution in [0.3, 0.4) is 0 Å². The number of hydrogen-bond donors (Lipinski definition) is 2. The third-order valence-corrected chi connectivity index (χ3v) is 4.83. The van der Waals surface area contributed by atoms with Gasteiger partial charge in [0.2, 0.25) is 5.91 Å². The normalized spacial score (nSPS) is 16.1. The van der Waals surface area contributed by atoms with E-state index < -0.39 is 0 Å². The Balaban J connectivity index is 1.73. The van der Waals surface area contributed by atoms with Crippen LogP contribution >= 0.6 is 11.6 Å². The fraction of sp³-hybridized carbons (Fsp3) is 0.611.